The molecule has 39 heavy (non-hydrogen) atoms. The van der Waals surface area contributed by atoms with Gasteiger partial charge in [0.15, 0.2) is 0 Å². The molecule has 1 atom stereocenters. The summed E-state index contributed by atoms with van der Waals surface area (Å²) >= 11 is 0. The predicted octanol–water partition coefficient (Wildman–Crippen LogP) is 4.08. The van der Waals surface area contributed by atoms with Gasteiger partial charge < -0.3 is 24.5 Å². The molecule has 2 aromatic rings. The molecule has 2 saturated heterocycles. The zero-order chi connectivity index (χ0) is 28.3. The first kappa shape index (κ1) is 28.6. The lowest BCUT2D eigenvalue weighted by Crippen LogP contribution is -2.38. The molecule has 3 heterocycles. The molecule has 1 aromatic carbocycles. The van der Waals surface area contributed by atoms with E-state index in [1.807, 2.05) is 24.3 Å². The number of likely N-dealkylation sites (tertiary alicyclic amines) is 1. The summed E-state index contributed by atoms with van der Waals surface area (Å²) < 4.78 is 10.6. The number of ether oxygens (including phenoxy) is 2. The molecule has 4 rings (SSSR count). The zero-order valence-electron chi connectivity index (χ0n) is 23.5. The van der Waals surface area contributed by atoms with Gasteiger partial charge in [0.2, 0.25) is 0 Å². The van der Waals surface area contributed by atoms with E-state index in [1.54, 1.807) is 25.7 Å². The van der Waals surface area contributed by atoms with Crippen molar-refractivity contribution in [2.24, 2.45) is 0 Å². The van der Waals surface area contributed by atoms with Crippen molar-refractivity contribution in [2.45, 2.75) is 53.0 Å². The quantitative estimate of drug-likeness (QED) is 0.215. The summed E-state index contributed by atoms with van der Waals surface area (Å²) in [5.74, 6) is -1.86. The molecule has 2 aliphatic rings. The van der Waals surface area contributed by atoms with Gasteiger partial charge in [0, 0.05) is 37.4 Å². The summed E-state index contributed by atoms with van der Waals surface area (Å²) in [5, 5.41) is 11.6. The van der Waals surface area contributed by atoms with Crippen molar-refractivity contribution >= 4 is 23.4 Å². The van der Waals surface area contributed by atoms with E-state index < -0.39 is 23.7 Å². The molecular formula is C30H39N3O6. The first-order valence-electron chi connectivity index (χ1n) is 13.7. The van der Waals surface area contributed by atoms with Gasteiger partial charge >= 0.3 is 5.97 Å². The van der Waals surface area contributed by atoms with Crippen molar-refractivity contribution in [2.75, 3.05) is 46.0 Å². The molecule has 2 fully saturated rings. The Balaban J connectivity index is 1.75. The molecule has 1 aromatic heterocycles. The van der Waals surface area contributed by atoms with Gasteiger partial charge in [-0.05, 0) is 49.8 Å². The van der Waals surface area contributed by atoms with E-state index in [4.69, 9.17) is 9.47 Å². The maximum Gasteiger partial charge on any atom is 0.355 e. The number of aromatic nitrogens is 1. The Hall–Kier alpha value is -3.43. The molecule has 9 heteroatoms. The predicted molar refractivity (Wildman–Crippen MR) is 148 cm³/mol. The lowest BCUT2D eigenvalue weighted by Gasteiger charge is -2.29. The topological polar surface area (TPSA) is 112 Å². The molecule has 0 saturated carbocycles. The number of aryl methyl sites for hydroxylation is 1. The number of rotatable bonds is 9. The third-order valence-corrected chi connectivity index (χ3v) is 7.59. The van der Waals surface area contributed by atoms with E-state index in [9.17, 15) is 19.5 Å². The number of nitrogens with one attached hydrogen (secondary N) is 1. The highest BCUT2D eigenvalue weighted by Crippen LogP contribution is 2.41. The number of benzene rings is 1. The number of aromatic amines is 1. The third kappa shape index (κ3) is 5.79. The Labute approximate surface area is 229 Å². The normalized spacial score (nSPS) is 19.7. The molecule has 0 unspecified atom stereocenters. The van der Waals surface area contributed by atoms with Crippen LogP contribution in [0.25, 0.3) is 5.76 Å². The number of morpholine rings is 1. The summed E-state index contributed by atoms with van der Waals surface area (Å²) in [6.07, 6.45) is 0.683. The molecule has 0 radical (unpaired) electrons. The monoisotopic (exact) mass is 537 g/mol. The summed E-state index contributed by atoms with van der Waals surface area (Å²) in [5.41, 5.74) is 3.46. The third-order valence-electron chi connectivity index (χ3n) is 7.59. The number of carbonyl (C=O) groups excluding carboxylic acids is 3. The first-order chi connectivity index (χ1) is 18.6. The maximum atomic E-state index is 13.5. The molecule has 2 N–H and O–H groups in total. The summed E-state index contributed by atoms with van der Waals surface area (Å²) in [7, 11) is 0. The maximum absolute atomic E-state index is 13.5. The standard InChI is InChI=1S/C30H39N3O6/c1-6-39-30(37)25-19(4)23(20(5)31-25)27(34)24-26(22-10-8-21(9-11-22)18(2)3)33(29(36)28(24)35)13-7-12-32-14-16-38-17-15-32/h8-11,18,26,31,34H,6-7,12-17H2,1-5H3/b27-24+/t26-/m0/s1. The van der Waals surface area contributed by atoms with Crippen LogP contribution in [-0.4, -0.2) is 83.5 Å². The van der Waals surface area contributed by atoms with E-state index in [0.717, 1.165) is 30.8 Å². The Bertz CT molecular complexity index is 1250. The van der Waals surface area contributed by atoms with E-state index >= 15 is 0 Å². The molecule has 210 valence electrons. The largest absolute Gasteiger partial charge is 0.507 e. The van der Waals surface area contributed by atoms with Crippen LogP contribution in [0, 0.1) is 13.8 Å². The molecular weight excluding hydrogens is 498 g/mol. The Morgan fingerprint density at radius 3 is 2.41 bits per heavy atom. The Kier molecular flexibility index (Phi) is 8.92. The van der Waals surface area contributed by atoms with Crippen LogP contribution in [0.5, 0.6) is 0 Å². The Morgan fingerprint density at radius 1 is 1.13 bits per heavy atom. The second-order valence-corrected chi connectivity index (χ2v) is 10.5. The van der Waals surface area contributed by atoms with Crippen molar-refractivity contribution in [3.63, 3.8) is 0 Å². The summed E-state index contributed by atoms with van der Waals surface area (Å²) in [6.45, 7) is 13.8. The van der Waals surface area contributed by atoms with Crippen LogP contribution in [0.3, 0.4) is 0 Å². The molecule has 1 amide bonds. The van der Waals surface area contributed by atoms with Crippen LogP contribution >= 0.6 is 0 Å². The van der Waals surface area contributed by atoms with E-state index in [-0.39, 0.29) is 23.6 Å². The lowest BCUT2D eigenvalue weighted by molar-refractivity contribution is -0.140. The summed E-state index contributed by atoms with van der Waals surface area (Å²) in [4.78, 5) is 46.2. The number of aliphatic hydroxyl groups is 1. The van der Waals surface area contributed by atoms with Crippen molar-refractivity contribution < 1.29 is 29.0 Å². The van der Waals surface area contributed by atoms with Gasteiger partial charge in [0.05, 0.1) is 31.4 Å². The van der Waals surface area contributed by atoms with Crippen molar-refractivity contribution in [3.8, 4) is 0 Å². The van der Waals surface area contributed by atoms with Crippen molar-refractivity contribution in [3.05, 3.63) is 63.5 Å². The average Bonchev–Trinajstić information content (AvgIpc) is 3.36. The minimum atomic E-state index is -0.740. The van der Waals surface area contributed by atoms with E-state index in [0.29, 0.717) is 48.9 Å². The van der Waals surface area contributed by atoms with Crippen molar-refractivity contribution in [1.29, 1.82) is 0 Å². The second-order valence-electron chi connectivity index (χ2n) is 10.5. The highest BCUT2D eigenvalue weighted by Gasteiger charge is 2.46. The number of carbonyl (C=O) groups is 3. The number of H-pyrrole nitrogens is 1. The molecule has 0 aliphatic carbocycles. The van der Waals surface area contributed by atoms with Crippen LogP contribution in [0.1, 0.15) is 77.6 Å². The molecule has 0 spiro atoms. The molecule has 9 nitrogen and oxygen atoms in total. The number of nitrogens with zero attached hydrogens (tertiary/aromatic N) is 2. The number of hydrogen-bond acceptors (Lipinski definition) is 7. The number of esters is 1. The number of ketones is 1. The fourth-order valence-electron chi connectivity index (χ4n) is 5.46. The van der Waals surface area contributed by atoms with Gasteiger partial charge in [-0.3, -0.25) is 14.5 Å². The van der Waals surface area contributed by atoms with Crippen molar-refractivity contribution in [1.82, 2.24) is 14.8 Å². The van der Waals surface area contributed by atoms with Gasteiger partial charge in [0.25, 0.3) is 11.7 Å². The number of aliphatic hydroxyl groups excluding tert-OH is 1. The van der Waals surface area contributed by atoms with E-state index in [2.05, 4.69) is 23.7 Å². The fourth-order valence-corrected chi connectivity index (χ4v) is 5.46. The van der Waals surface area contributed by atoms with Gasteiger partial charge in [-0.1, -0.05) is 38.1 Å². The highest BCUT2D eigenvalue weighted by molar-refractivity contribution is 6.46. The van der Waals surface area contributed by atoms with Crippen LogP contribution < -0.4 is 0 Å². The van der Waals surface area contributed by atoms with Crippen LogP contribution in [0.4, 0.5) is 0 Å². The minimum absolute atomic E-state index is 0.0317. The molecule has 2 aliphatic heterocycles. The molecule has 0 bridgehead atoms. The second kappa shape index (κ2) is 12.2. The number of amides is 1. The zero-order valence-corrected chi connectivity index (χ0v) is 23.5. The van der Waals surface area contributed by atoms with Gasteiger partial charge in [-0.15, -0.1) is 0 Å². The lowest BCUT2D eigenvalue weighted by atomic mass is 9.92. The van der Waals surface area contributed by atoms with Gasteiger partial charge in [-0.2, -0.15) is 0 Å². The smallest absolute Gasteiger partial charge is 0.355 e. The van der Waals surface area contributed by atoms with Crippen LogP contribution in [-0.2, 0) is 19.1 Å². The van der Waals surface area contributed by atoms with Crippen LogP contribution in [0.15, 0.2) is 29.8 Å². The highest BCUT2D eigenvalue weighted by atomic mass is 16.5. The number of Topliss-reactive ketones (excluding diaryl/α,β-unsaturated/α-hetero) is 1. The average molecular weight is 538 g/mol. The summed E-state index contributed by atoms with van der Waals surface area (Å²) in [6, 6.07) is 7.11. The fraction of sp³-hybridized carbons (Fsp3) is 0.500. The first-order valence-corrected chi connectivity index (χ1v) is 13.7. The van der Waals surface area contributed by atoms with Gasteiger partial charge in [0.1, 0.15) is 11.5 Å². The minimum Gasteiger partial charge on any atom is -0.507 e. The van der Waals surface area contributed by atoms with Gasteiger partial charge in [-0.25, -0.2) is 4.79 Å². The van der Waals surface area contributed by atoms with E-state index in [1.165, 1.54) is 0 Å². The SMILES string of the molecule is CCOC(=O)c1[nH]c(C)c(/C(O)=C2\C(=O)C(=O)N(CCCN3CCOCC3)[C@H]2c2ccc(C(C)C)cc2)c1C. The Morgan fingerprint density at radius 2 is 1.79 bits per heavy atom. The van der Waals surface area contributed by atoms with Crippen LogP contribution in [0.2, 0.25) is 0 Å². The number of hydrogen-bond donors (Lipinski definition) is 2.